The molecule has 1 heterocycles. The van der Waals surface area contributed by atoms with Crippen molar-refractivity contribution in [2.75, 3.05) is 17.2 Å². The van der Waals surface area contributed by atoms with Crippen LogP contribution in [0.4, 0.5) is 11.4 Å². The zero-order valence-corrected chi connectivity index (χ0v) is 12.9. The summed E-state index contributed by atoms with van der Waals surface area (Å²) in [5.74, 6) is -0.236. The maximum Gasteiger partial charge on any atom is 0.274 e. The lowest BCUT2D eigenvalue weighted by Gasteiger charge is -2.09. The molecule has 0 radical (unpaired) electrons. The standard InChI is InChI=1S/C16H18ClN3O/c1-3-7-18-13-6-8-19-15(10-13)16(21)20-14-5-4-12(17)9-11(14)2/h4-6,8-10H,3,7H2,1-2H3,(H,18,19)(H,20,21). The van der Waals surface area contributed by atoms with Gasteiger partial charge in [-0.25, -0.2) is 0 Å². The van der Waals surface area contributed by atoms with Crippen LogP contribution in [0.2, 0.25) is 5.02 Å². The Labute approximate surface area is 129 Å². The summed E-state index contributed by atoms with van der Waals surface area (Å²) >= 11 is 5.91. The molecule has 4 nitrogen and oxygen atoms in total. The van der Waals surface area contributed by atoms with E-state index < -0.39 is 0 Å². The maximum absolute atomic E-state index is 12.2. The van der Waals surface area contributed by atoms with E-state index in [9.17, 15) is 4.79 Å². The molecule has 0 aliphatic rings. The van der Waals surface area contributed by atoms with Gasteiger partial charge in [0, 0.05) is 29.1 Å². The fraction of sp³-hybridized carbons (Fsp3) is 0.250. The third-order valence-corrected chi connectivity index (χ3v) is 3.24. The number of hydrogen-bond donors (Lipinski definition) is 2. The summed E-state index contributed by atoms with van der Waals surface area (Å²) in [4.78, 5) is 16.4. The first kappa shape index (κ1) is 15.3. The Bertz CT molecular complexity index is 643. The Morgan fingerprint density at radius 1 is 1.29 bits per heavy atom. The van der Waals surface area contributed by atoms with Crippen molar-refractivity contribution in [2.45, 2.75) is 20.3 Å². The van der Waals surface area contributed by atoms with Gasteiger partial charge in [-0.2, -0.15) is 0 Å². The van der Waals surface area contributed by atoms with Gasteiger partial charge in [-0.3, -0.25) is 9.78 Å². The van der Waals surface area contributed by atoms with E-state index in [0.717, 1.165) is 29.9 Å². The number of benzene rings is 1. The minimum absolute atomic E-state index is 0.236. The second-order valence-corrected chi connectivity index (χ2v) is 5.21. The summed E-state index contributed by atoms with van der Waals surface area (Å²) in [6.07, 6.45) is 2.65. The van der Waals surface area contributed by atoms with E-state index in [1.54, 1.807) is 24.4 Å². The molecule has 0 aliphatic heterocycles. The van der Waals surface area contributed by atoms with Gasteiger partial charge in [0.1, 0.15) is 5.69 Å². The number of carbonyl (C=O) groups excluding carboxylic acids is 1. The van der Waals surface area contributed by atoms with Crippen LogP contribution in [0, 0.1) is 6.92 Å². The molecule has 0 aliphatic carbocycles. The van der Waals surface area contributed by atoms with Gasteiger partial charge in [-0.15, -0.1) is 0 Å². The zero-order valence-electron chi connectivity index (χ0n) is 12.1. The Morgan fingerprint density at radius 3 is 2.81 bits per heavy atom. The predicted octanol–water partition coefficient (Wildman–Crippen LogP) is 4.12. The Kier molecular flexibility index (Phi) is 5.17. The quantitative estimate of drug-likeness (QED) is 0.873. The molecule has 0 bridgehead atoms. The molecule has 1 aromatic heterocycles. The topological polar surface area (TPSA) is 54.0 Å². The number of pyridine rings is 1. The monoisotopic (exact) mass is 303 g/mol. The van der Waals surface area contributed by atoms with E-state index >= 15 is 0 Å². The van der Waals surface area contributed by atoms with Crippen molar-refractivity contribution in [3.8, 4) is 0 Å². The molecule has 1 aromatic carbocycles. The van der Waals surface area contributed by atoms with Crippen LogP contribution in [0.3, 0.4) is 0 Å². The molecule has 0 spiro atoms. The van der Waals surface area contributed by atoms with Gasteiger partial charge in [0.05, 0.1) is 0 Å². The molecule has 110 valence electrons. The molecule has 0 atom stereocenters. The number of anilines is 2. The minimum Gasteiger partial charge on any atom is -0.385 e. The van der Waals surface area contributed by atoms with E-state index in [4.69, 9.17) is 11.6 Å². The van der Waals surface area contributed by atoms with Crippen LogP contribution < -0.4 is 10.6 Å². The summed E-state index contributed by atoms with van der Waals surface area (Å²) in [6, 6.07) is 8.94. The molecule has 21 heavy (non-hydrogen) atoms. The number of nitrogens with zero attached hydrogens (tertiary/aromatic N) is 1. The van der Waals surface area contributed by atoms with Crippen LogP contribution in [0.5, 0.6) is 0 Å². The zero-order chi connectivity index (χ0) is 15.2. The highest BCUT2D eigenvalue weighted by Gasteiger charge is 2.10. The largest absolute Gasteiger partial charge is 0.385 e. The Balaban J connectivity index is 2.12. The lowest BCUT2D eigenvalue weighted by molar-refractivity contribution is 0.102. The van der Waals surface area contributed by atoms with E-state index in [1.165, 1.54) is 0 Å². The number of carbonyl (C=O) groups is 1. The van der Waals surface area contributed by atoms with Crippen LogP contribution in [-0.2, 0) is 0 Å². The molecule has 2 aromatic rings. The number of aryl methyl sites for hydroxylation is 1. The highest BCUT2D eigenvalue weighted by Crippen LogP contribution is 2.20. The summed E-state index contributed by atoms with van der Waals surface area (Å²) < 4.78 is 0. The second-order valence-electron chi connectivity index (χ2n) is 4.77. The van der Waals surface area contributed by atoms with Crippen molar-refractivity contribution in [1.29, 1.82) is 0 Å². The number of rotatable bonds is 5. The number of amides is 1. The van der Waals surface area contributed by atoms with Crippen molar-refractivity contribution in [1.82, 2.24) is 4.98 Å². The smallest absolute Gasteiger partial charge is 0.274 e. The molecule has 0 unspecified atom stereocenters. The maximum atomic E-state index is 12.2. The van der Waals surface area contributed by atoms with Gasteiger partial charge in [-0.05, 0) is 49.2 Å². The van der Waals surface area contributed by atoms with Crippen LogP contribution >= 0.6 is 11.6 Å². The van der Waals surface area contributed by atoms with Crippen LogP contribution in [-0.4, -0.2) is 17.4 Å². The first-order valence-electron chi connectivity index (χ1n) is 6.87. The second kappa shape index (κ2) is 7.09. The van der Waals surface area contributed by atoms with Crippen molar-refractivity contribution in [2.24, 2.45) is 0 Å². The highest BCUT2D eigenvalue weighted by molar-refractivity contribution is 6.30. The SMILES string of the molecule is CCCNc1ccnc(C(=O)Nc2ccc(Cl)cc2C)c1. The Morgan fingerprint density at radius 2 is 2.10 bits per heavy atom. The molecule has 0 fully saturated rings. The van der Waals surface area contributed by atoms with Gasteiger partial charge in [0.25, 0.3) is 5.91 Å². The number of nitrogens with one attached hydrogen (secondary N) is 2. The fourth-order valence-electron chi connectivity index (χ4n) is 1.89. The van der Waals surface area contributed by atoms with Gasteiger partial charge in [0.2, 0.25) is 0 Å². The normalized spacial score (nSPS) is 10.2. The molecular weight excluding hydrogens is 286 g/mol. The van der Waals surface area contributed by atoms with Crippen molar-refractivity contribution in [3.63, 3.8) is 0 Å². The summed E-state index contributed by atoms with van der Waals surface area (Å²) in [5, 5.41) is 6.73. The lowest BCUT2D eigenvalue weighted by atomic mass is 10.2. The highest BCUT2D eigenvalue weighted by atomic mass is 35.5. The molecule has 2 N–H and O–H groups in total. The third-order valence-electron chi connectivity index (χ3n) is 3.01. The molecule has 5 heteroatoms. The van der Waals surface area contributed by atoms with Crippen molar-refractivity contribution < 1.29 is 4.79 Å². The minimum atomic E-state index is -0.236. The van der Waals surface area contributed by atoms with Crippen molar-refractivity contribution in [3.05, 3.63) is 52.8 Å². The lowest BCUT2D eigenvalue weighted by Crippen LogP contribution is -2.15. The molecular formula is C16H18ClN3O. The number of hydrogen-bond acceptors (Lipinski definition) is 3. The fourth-order valence-corrected chi connectivity index (χ4v) is 2.11. The molecule has 1 amide bonds. The van der Waals surface area contributed by atoms with E-state index in [0.29, 0.717) is 10.7 Å². The molecule has 0 saturated heterocycles. The summed E-state index contributed by atoms with van der Waals surface area (Å²) in [6.45, 7) is 4.85. The summed E-state index contributed by atoms with van der Waals surface area (Å²) in [5.41, 5.74) is 2.92. The van der Waals surface area contributed by atoms with Crippen LogP contribution in [0.15, 0.2) is 36.5 Å². The van der Waals surface area contributed by atoms with Gasteiger partial charge >= 0.3 is 0 Å². The Hall–Kier alpha value is -2.07. The average molecular weight is 304 g/mol. The van der Waals surface area contributed by atoms with Gasteiger partial charge in [0.15, 0.2) is 0 Å². The van der Waals surface area contributed by atoms with Gasteiger partial charge in [-0.1, -0.05) is 18.5 Å². The molecule has 0 saturated carbocycles. The first-order chi connectivity index (χ1) is 10.1. The van der Waals surface area contributed by atoms with Crippen LogP contribution in [0.1, 0.15) is 29.4 Å². The van der Waals surface area contributed by atoms with E-state index in [1.807, 2.05) is 19.1 Å². The first-order valence-corrected chi connectivity index (χ1v) is 7.25. The third kappa shape index (κ3) is 4.20. The van der Waals surface area contributed by atoms with Gasteiger partial charge < -0.3 is 10.6 Å². The van der Waals surface area contributed by atoms with E-state index in [2.05, 4.69) is 22.5 Å². The van der Waals surface area contributed by atoms with E-state index in [-0.39, 0.29) is 5.91 Å². The van der Waals surface area contributed by atoms with Crippen molar-refractivity contribution >= 4 is 28.9 Å². The number of aromatic nitrogens is 1. The average Bonchev–Trinajstić information content (AvgIpc) is 2.48. The number of halogens is 1. The predicted molar refractivity (Wildman–Crippen MR) is 87.2 cm³/mol. The summed E-state index contributed by atoms with van der Waals surface area (Å²) in [7, 11) is 0. The molecule has 2 rings (SSSR count). The van der Waals surface area contributed by atoms with Crippen LogP contribution in [0.25, 0.3) is 0 Å².